The van der Waals surface area contributed by atoms with E-state index < -0.39 is 0 Å². The van der Waals surface area contributed by atoms with Gasteiger partial charge in [0.15, 0.2) is 0 Å². The van der Waals surface area contributed by atoms with E-state index in [-0.39, 0.29) is 0 Å². The van der Waals surface area contributed by atoms with Crippen LogP contribution in [0.5, 0.6) is 5.75 Å². The van der Waals surface area contributed by atoms with Crippen LogP contribution >= 0.6 is 0 Å². The largest absolute Gasteiger partial charge is 0.497 e. The van der Waals surface area contributed by atoms with Gasteiger partial charge in [0.1, 0.15) is 5.75 Å². The Morgan fingerprint density at radius 3 is 2.60 bits per heavy atom. The zero-order chi connectivity index (χ0) is 10.7. The summed E-state index contributed by atoms with van der Waals surface area (Å²) in [4.78, 5) is 2.42. The van der Waals surface area contributed by atoms with Gasteiger partial charge in [-0.3, -0.25) is 4.90 Å². The Hall–Kier alpha value is -1.06. The molecule has 2 N–H and O–H groups in total. The minimum atomic E-state index is 0.590. The van der Waals surface area contributed by atoms with Gasteiger partial charge in [-0.15, -0.1) is 0 Å². The van der Waals surface area contributed by atoms with Crippen molar-refractivity contribution in [2.24, 2.45) is 5.73 Å². The van der Waals surface area contributed by atoms with E-state index in [0.29, 0.717) is 6.04 Å². The van der Waals surface area contributed by atoms with Crippen LogP contribution in [-0.4, -0.2) is 31.1 Å². The quantitative estimate of drug-likeness (QED) is 0.805. The maximum atomic E-state index is 5.66. The molecule has 1 aliphatic heterocycles. The lowest BCUT2D eigenvalue weighted by atomic mass is 10.0. The lowest BCUT2D eigenvalue weighted by molar-refractivity contribution is 0.0882. The van der Waals surface area contributed by atoms with Crippen molar-refractivity contribution in [1.29, 1.82) is 0 Å². The summed E-state index contributed by atoms with van der Waals surface area (Å²) < 4.78 is 5.12. The number of methoxy groups -OCH3 is 1. The Balaban J connectivity index is 1.93. The summed E-state index contributed by atoms with van der Waals surface area (Å²) in [5, 5.41) is 0. The average Bonchev–Trinajstić information content (AvgIpc) is 2.26. The fourth-order valence-corrected chi connectivity index (χ4v) is 1.93. The van der Waals surface area contributed by atoms with Gasteiger partial charge in [-0.1, -0.05) is 12.1 Å². The fraction of sp³-hybridized carbons (Fsp3) is 0.500. The first-order valence-corrected chi connectivity index (χ1v) is 5.40. The molecule has 1 aromatic rings. The van der Waals surface area contributed by atoms with Gasteiger partial charge in [0, 0.05) is 25.7 Å². The third-order valence-corrected chi connectivity index (χ3v) is 3.08. The van der Waals surface area contributed by atoms with Crippen molar-refractivity contribution in [2.45, 2.75) is 19.0 Å². The number of benzene rings is 1. The van der Waals surface area contributed by atoms with Crippen molar-refractivity contribution >= 4 is 0 Å². The molecule has 1 aromatic carbocycles. The van der Waals surface area contributed by atoms with Crippen molar-refractivity contribution in [3.63, 3.8) is 0 Å². The van der Waals surface area contributed by atoms with Gasteiger partial charge in [-0.2, -0.15) is 0 Å². The molecule has 0 unspecified atom stereocenters. The zero-order valence-electron chi connectivity index (χ0n) is 9.15. The minimum absolute atomic E-state index is 0.590. The molecule has 1 aliphatic rings. The second kappa shape index (κ2) is 4.64. The van der Waals surface area contributed by atoms with Crippen LogP contribution in [0.1, 0.15) is 12.0 Å². The second-order valence-electron chi connectivity index (χ2n) is 4.00. The summed E-state index contributed by atoms with van der Waals surface area (Å²) in [6.07, 6.45) is 1.24. The Morgan fingerprint density at radius 2 is 2.13 bits per heavy atom. The number of nitrogens with zero attached hydrogens (tertiary/aromatic N) is 1. The van der Waals surface area contributed by atoms with E-state index in [9.17, 15) is 0 Å². The van der Waals surface area contributed by atoms with Crippen LogP contribution in [-0.2, 0) is 6.54 Å². The van der Waals surface area contributed by atoms with Gasteiger partial charge in [0.05, 0.1) is 7.11 Å². The molecule has 0 radical (unpaired) electrons. The topological polar surface area (TPSA) is 38.5 Å². The molecule has 2 rings (SSSR count). The van der Waals surface area contributed by atoms with Gasteiger partial charge >= 0.3 is 0 Å². The van der Waals surface area contributed by atoms with Crippen LogP contribution in [0, 0.1) is 0 Å². The lowest BCUT2D eigenvalue weighted by Crippen LogP contribution is -2.50. The predicted octanol–water partition coefficient (Wildman–Crippen LogP) is 1.23. The van der Waals surface area contributed by atoms with Crippen LogP contribution in [0.15, 0.2) is 24.3 Å². The molecule has 1 saturated heterocycles. The number of hydrogen-bond donors (Lipinski definition) is 1. The van der Waals surface area contributed by atoms with E-state index in [0.717, 1.165) is 18.8 Å². The summed E-state index contributed by atoms with van der Waals surface area (Å²) in [6, 6.07) is 8.83. The Kier molecular flexibility index (Phi) is 3.23. The predicted molar refractivity (Wildman–Crippen MR) is 60.9 cm³/mol. The lowest BCUT2D eigenvalue weighted by Gasteiger charge is -2.40. The van der Waals surface area contributed by atoms with Gasteiger partial charge < -0.3 is 10.5 Å². The Labute approximate surface area is 90.8 Å². The third kappa shape index (κ3) is 2.30. The average molecular weight is 206 g/mol. The van der Waals surface area contributed by atoms with Crippen molar-refractivity contribution in [1.82, 2.24) is 4.90 Å². The molecule has 1 fully saturated rings. The highest BCUT2D eigenvalue weighted by Gasteiger charge is 2.25. The highest BCUT2D eigenvalue weighted by Crippen LogP contribution is 2.20. The zero-order valence-corrected chi connectivity index (χ0v) is 9.15. The van der Waals surface area contributed by atoms with E-state index in [4.69, 9.17) is 10.5 Å². The van der Waals surface area contributed by atoms with E-state index in [2.05, 4.69) is 17.0 Å². The van der Waals surface area contributed by atoms with Crippen LogP contribution in [0.3, 0.4) is 0 Å². The number of nitrogens with two attached hydrogens (primary N) is 1. The standard InChI is InChI=1S/C12H18N2O/c1-15-12-4-2-10(3-5-12)9-14-7-6-11(14)8-13/h2-5,11H,6-9,13H2,1H3/t11-/m0/s1. The van der Waals surface area contributed by atoms with Crippen molar-refractivity contribution in [3.05, 3.63) is 29.8 Å². The van der Waals surface area contributed by atoms with Gasteiger partial charge in [-0.25, -0.2) is 0 Å². The Bertz CT molecular complexity index is 308. The highest BCUT2D eigenvalue weighted by atomic mass is 16.5. The summed E-state index contributed by atoms with van der Waals surface area (Å²) in [5.74, 6) is 0.915. The monoisotopic (exact) mass is 206 g/mol. The molecule has 0 bridgehead atoms. The van der Waals surface area contributed by atoms with Crippen molar-refractivity contribution in [3.8, 4) is 5.75 Å². The van der Waals surface area contributed by atoms with Crippen molar-refractivity contribution < 1.29 is 4.74 Å². The van der Waals surface area contributed by atoms with E-state index >= 15 is 0 Å². The number of rotatable bonds is 4. The van der Waals surface area contributed by atoms with E-state index in [1.54, 1.807) is 7.11 Å². The summed E-state index contributed by atoms with van der Waals surface area (Å²) in [7, 11) is 1.69. The van der Waals surface area contributed by atoms with Crippen LogP contribution in [0.2, 0.25) is 0 Å². The van der Waals surface area contributed by atoms with E-state index in [1.165, 1.54) is 18.5 Å². The highest BCUT2D eigenvalue weighted by molar-refractivity contribution is 5.27. The summed E-state index contributed by atoms with van der Waals surface area (Å²) in [6.45, 7) is 2.95. The normalized spacial score (nSPS) is 21.1. The van der Waals surface area contributed by atoms with Gasteiger partial charge in [0.25, 0.3) is 0 Å². The molecule has 0 aromatic heterocycles. The molecule has 1 heterocycles. The SMILES string of the molecule is COc1ccc(CN2CC[C@H]2CN)cc1. The summed E-state index contributed by atoms with van der Waals surface area (Å²) >= 11 is 0. The fourth-order valence-electron chi connectivity index (χ4n) is 1.93. The third-order valence-electron chi connectivity index (χ3n) is 3.08. The molecule has 0 amide bonds. The molecular formula is C12H18N2O. The molecule has 82 valence electrons. The van der Waals surface area contributed by atoms with Gasteiger partial charge in [0.2, 0.25) is 0 Å². The van der Waals surface area contributed by atoms with Crippen LogP contribution in [0.4, 0.5) is 0 Å². The molecule has 0 saturated carbocycles. The first-order valence-electron chi connectivity index (χ1n) is 5.40. The first-order chi connectivity index (χ1) is 7.33. The molecule has 15 heavy (non-hydrogen) atoms. The first kappa shape index (κ1) is 10.5. The molecule has 3 heteroatoms. The summed E-state index contributed by atoms with van der Waals surface area (Å²) in [5.41, 5.74) is 6.99. The van der Waals surface area contributed by atoms with Crippen LogP contribution < -0.4 is 10.5 Å². The second-order valence-corrected chi connectivity index (χ2v) is 4.00. The molecule has 0 spiro atoms. The molecule has 0 aliphatic carbocycles. The molecule has 3 nitrogen and oxygen atoms in total. The number of likely N-dealkylation sites (tertiary alicyclic amines) is 1. The van der Waals surface area contributed by atoms with E-state index in [1.807, 2.05) is 12.1 Å². The number of ether oxygens (including phenoxy) is 1. The maximum Gasteiger partial charge on any atom is 0.118 e. The Morgan fingerprint density at radius 1 is 1.40 bits per heavy atom. The molecular weight excluding hydrogens is 188 g/mol. The van der Waals surface area contributed by atoms with Crippen LogP contribution in [0.25, 0.3) is 0 Å². The number of hydrogen-bond acceptors (Lipinski definition) is 3. The maximum absolute atomic E-state index is 5.66. The van der Waals surface area contributed by atoms with Gasteiger partial charge in [-0.05, 0) is 24.1 Å². The minimum Gasteiger partial charge on any atom is -0.497 e. The van der Waals surface area contributed by atoms with Crippen molar-refractivity contribution in [2.75, 3.05) is 20.2 Å². The molecule has 1 atom stereocenters. The smallest absolute Gasteiger partial charge is 0.118 e.